The van der Waals surface area contributed by atoms with Gasteiger partial charge in [-0.1, -0.05) is 206 Å². The number of hydrogen-bond donors (Lipinski definition) is 0. The molecule has 1 unspecified atom stereocenters. The van der Waals surface area contributed by atoms with Crippen molar-refractivity contribution >= 4 is 17.9 Å². The second kappa shape index (κ2) is 47.6. The molecule has 0 aliphatic carbocycles. The third kappa shape index (κ3) is 45.0. The summed E-state index contributed by atoms with van der Waals surface area (Å²) in [6, 6.07) is 0. The van der Waals surface area contributed by atoms with Crippen molar-refractivity contribution in [2.24, 2.45) is 0 Å². The van der Waals surface area contributed by atoms with Crippen LogP contribution in [0.4, 0.5) is 0 Å². The van der Waals surface area contributed by atoms with Gasteiger partial charge in [0.05, 0.1) is 0 Å². The van der Waals surface area contributed by atoms with Crippen LogP contribution in [-0.4, -0.2) is 37.2 Å². The molecule has 0 radical (unpaired) electrons. The average molecular weight is 817 g/mol. The molecule has 1 atom stereocenters. The van der Waals surface area contributed by atoms with Crippen LogP contribution in [0.25, 0.3) is 0 Å². The third-order valence-electron chi connectivity index (χ3n) is 11.2. The summed E-state index contributed by atoms with van der Waals surface area (Å²) >= 11 is 0. The van der Waals surface area contributed by atoms with Crippen molar-refractivity contribution in [3.8, 4) is 0 Å². The van der Waals surface area contributed by atoms with Gasteiger partial charge in [0, 0.05) is 19.3 Å². The van der Waals surface area contributed by atoms with E-state index in [1.807, 2.05) is 0 Å². The van der Waals surface area contributed by atoms with Crippen LogP contribution in [0.5, 0.6) is 0 Å². The first-order valence-corrected chi connectivity index (χ1v) is 25.3. The van der Waals surface area contributed by atoms with Crippen molar-refractivity contribution in [1.29, 1.82) is 0 Å². The van der Waals surface area contributed by atoms with Crippen LogP contribution in [0.3, 0.4) is 0 Å². The molecule has 6 heteroatoms. The lowest BCUT2D eigenvalue weighted by Crippen LogP contribution is -2.30. The second-order valence-corrected chi connectivity index (χ2v) is 17.1. The molecule has 0 heterocycles. The molecule has 0 amide bonds. The fraction of sp³-hybridized carbons (Fsp3) is 0.865. The van der Waals surface area contributed by atoms with Crippen LogP contribution in [-0.2, 0) is 28.6 Å². The lowest BCUT2D eigenvalue weighted by Gasteiger charge is -2.18. The molecule has 0 aliphatic rings. The Morgan fingerprint density at radius 1 is 0.328 bits per heavy atom. The van der Waals surface area contributed by atoms with Crippen LogP contribution in [0, 0.1) is 0 Å². The Bertz CT molecular complexity index is 942. The standard InChI is InChI=1S/C52H96O6/c1-4-7-10-13-16-19-21-23-24-25-26-27-28-29-31-33-36-39-42-45-51(54)57-48-49(47-56-50(53)44-41-38-35-32-18-15-12-9-6-3)58-52(55)46-43-40-37-34-30-22-20-17-14-11-8-5-2/h17,20,25-26,49H,4-16,18-19,21-24,27-48H2,1-3H3/b20-17-,26-25-. The first kappa shape index (κ1) is 55.9. The van der Waals surface area contributed by atoms with E-state index < -0.39 is 6.10 Å². The smallest absolute Gasteiger partial charge is 0.306 e. The molecule has 0 rings (SSSR count). The van der Waals surface area contributed by atoms with E-state index in [1.54, 1.807) is 0 Å². The number of carbonyl (C=O) groups is 3. The van der Waals surface area contributed by atoms with Gasteiger partial charge in [-0.3, -0.25) is 14.4 Å². The fourth-order valence-electron chi connectivity index (χ4n) is 7.31. The van der Waals surface area contributed by atoms with Gasteiger partial charge in [-0.25, -0.2) is 0 Å². The topological polar surface area (TPSA) is 78.9 Å². The molecular formula is C52H96O6. The highest BCUT2D eigenvalue weighted by atomic mass is 16.6. The van der Waals surface area contributed by atoms with Crippen molar-refractivity contribution in [3.05, 3.63) is 24.3 Å². The van der Waals surface area contributed by atoms with Gasteiger partial charge < -0.3 is 14.2 Å². The molecule has 0 aliphatic heterocycles. The zero-order valence-electron chi connectivity index (χ0n) is 38.8. The number of rotatable bonds is 46. The summed E-state index contributed by atoms with van der Waals surface area (Å²) in [5.41, 5.74) is 0. The third-order valence-corrected chi connectivity index (χ3v) is 11.2. The van der Waals surface area contributed by atoms with Crippen molar-refractivity contribution in [2.75, 3.05) is 13.2 Å². The van der Waals surface area contributed by atoms with Crippen LogP contribution in [0.15, 0.2) is 24.3 Å². The van der Waals surface area contributed by atoms with Gasteiger partial charge in [-0.2, -0.15) is 0 Å². The van der Waals surface area contributed by atoms with Crippen LogP contribution in [0.2, 0.25) is 0 Å². The highest BCUT2D eigenvalue weighted by Crippen LogP contribution is 2.15. The summed E-state index contributed by atoms with van der Waals surface area (Å²) in [6.07, 6.45) is 53.1. The number of unbranched alkanes of at least 4 members (excludes halogenated alkanes) is 31. The van der Waals surface area contributed by atoms with E-state index in [4.69, 9.17) is 14.2 Å². The van der Waals surface area contributed by atoms with E-state index in [0.29, 0.717) is 19.3 Å². The quantitative estimate of drug-likeness (QED) is 0.0263. The van der Waals surface area contributed by atoms with Gasteiger partial charge in [0.25, 0.3) is 0 Å². The van der Waals surface area contributed by atoms with E-state index in [2.05, 4.69) is 45.1 Å². The number of allylic oxidation sites excluding steroid dienone is 4. The molecule has 0 fully saturated rings. The normalized spacial score (nSPS) is 12.1. The summed E-state index contributed by atoms with van der Waals surface area (Å²) < 4.78 is 16.7. The van der Waals surface area contributed by atoms with Gasteiger partial charge in [-0.15, -0.1) is 0 Å². The highest BCUT2D eigenvalue weighted by molar-refractivity contribution is 5.71. The predicted octanol–water partition coefficient (Wildman–Crippen LogP) is 16.4. The Morgan fingerprint density at radius 2 is 0.569 bits per heavy atom. The lowest BCUT2D eigenvalue weighted by molar-refractivity contribution is -0.167. The molecule has 6 nitrogen and oxygen atoms in total. The van der Waals surface area contributed by atoms with Gasteiger partial charge >= 0.3 is 17.9 Å². The molecule has 58 heavy (non-hydrogen) atoms. The van der Waals surface area contributed by atoms with Crippen LogP contribution < -0.4 is 0 Å². The Morgan fingerprint density at radius 3 is 0.897 bits per heavy atom. The number of ether oxygens (including phenoxy) is 3. The number of esters is 3. The van der Waals surface area contributed by atoms with Crippen molar-refractivity contribution in [3.63, 3.8) is 0 Å². The van der Waals surface area contributed by atoms with Gasteiger partial charge in [0.2, 0.25) is 0 Å². The molecule has 0 saturated heterocycles. The van der Waals surface area contributed by atoms with E-state index in [-0.39, 0.29) is 31.1 Å². The lowest BCUT2D eigenvalue weighted by atomic mass is 10.1. The summed E-state index contributed by atoms with van der Waals surface area (Å²) in [6.45, 7) is 6.60. The maximum Gasteiger partial charge on any atom is 0.306 e. The average Bonchev–Trinajstić information content (AvgIpc) is 3.22. The van der Waals surface area contributed by atoms with E-state index in [9.17, 15) is 14.4 Å². The van der Waals surface area contributed by atoms with Crippen LogP contribution in [0.1, 0.15) is 271 Å². The predicted molar refractivity (Wildman–Crippen MR) is 247 cm³/mol. The molecule has 0 aromatic rings. The Hall–Kier alpha value is -2.11. The monoisotopic (exact) mass is 817 g/mol. The number of hydrogen-bond acceptors (Lipinski definition) is 6. The van der Waals surface area contributed by atoms with Crippen molar-refractivity contribution in [2.45, 2.75) is 277 Å². The second-order valence-electron chi connectivity index (χ2n) is 17.1. The maximum absolute atomic E-state index is 12.7. The molecule has 340 valence electrons. The van der Waals surface area contributed by atoms with E-state index in [0.717, 1.165) is 64.2 Å². The largest absolute Gasteiger partial charge is 0.462 e. The summed E-state index contributed by atoms with van der Waals surface area (Å²) in [5.74, 6) is -0.880. The van der Waals surface area contributed by atoms with Crippen LogP contribution >= 0.6 is 0 Å². The SMILES string of the molecule is CCCCC/C=C\CCCCCCCC(=O)OC(COC(=O)CCCCCCCCC/C=C\CCCCCCCCCC)COC(=O)CCCCCCCCCCC. The molecule has 0 aromatic heterocycles. The molecule has 0 bridgehead atoms. The zero-order valence-corrected chi connectivity index (χ0v) is 38.8. The minimum absolute atomic E-state index is 0.0731. The Balaban J connectivity index is 4.26. The highest BCUT2D eigenvalue weighted by Gasteiger charge is 2.19. The maximum atomic E-state index is 12.7. The van der Waals surface area contributed by atoms with Crippen molar-refractivity contribution < 1.29 is 28.6 Å². The Kier molecular flexibility index (Phi) is 45.8. The summed E-state index contributed by atoms with van der Waals surface area (Å²) in [4.78, 5) is 37.8. The van der Waals surface area contributed by atoms with Crippen molar-refractivity contribution in [1.82, 2.24) is 0 Å². The van der Waals surface area contributed by atoms with Gasteiger partial charge in [0.1, 0.15) is 13.2 Å². The summed E-state index contributed by atoms with van der Waals surface area (Å²) in [5, 5.41) is 0. The fourth-order valence-corrected chi connectivity index (χ4v) is 7.31. The molecule has 0 aromatic carbocycles. The van der Waals surface area contributed by atoms with E-state index >= 15 is 0 Å². The first-order valence-electron chi connectivity index (χ1n) is 25.3. The van der Waals surface area contributed by atoms with Gasteiger partial charge in [0.15, 0.2) is 6.10 Å². The molecular weight excluding hydrogens is 721 g/mol. The minimum Gasteiger partial charge on any atom is -0.462 e. The Labute approximate surface area is 360 Å². The molecule has 0 N–H and O–H groups in total. The zero-order chi connectivity index (χ0) is 42.3. The van der Waals surface area contributed by atoms with Gasteiger partial charge in [-0.05, 0) is 70.6 Å². The minimum atomic E-state index is -0.771. The van der Waals surface area contributed by atoms with E-state index in [1.165, 1.54) is 167 Å². The summed E-state index contributed by atoms with van der Waals surface area (Å²) in [7, 11) is 0. The number of carbonyl (C=O) groups excluding carboxylic acids is 3. The first-order chi connectivity index (χ1) is 28.5. The molecule has 0 saturated carbocycles. The molecule has 0 spiro atoms.